The Morgan fingerprint density at radius 2 is 1.74 bits per heavy atom. The van der Waals surface area contributed by atoms with Crippen molar-refractivity contribution in [2.75, 3.05) is 49.2 Å². The summed E-state index contributed by atoms with van der Waals surface area (Å²) in [7, 11) is 0.188. The first kappa shape index (κ1) is 28.6. The molecule has 8 nitrogen and oxygen atoms in total. The van der Waals surface area contributed by atoms with Crippen LogP contribution >= 0.6 is 10.0 Å². The molecular formula is C33H38N2O6S. The fourth-order valence-corrected chi connectivity index (χ4v) is 10.4. The van der Waals surface area contributed by atoms with Crippen molar-refractivity contribution in [1.29, 1.82) is 0 Å². The third-order valence-corrected chi connectivity index (χ3v) is 12.7. The van der Waals surface area contributed by atoms with Gasteiger partial charge in [-0.2, -0.15) is 0 Å². The molecule has 3 aromatic carbocycles. The largest absolute Gasteiger partial charge is 0.497 e. The summed E-state index contributed by atoms with van der Waals surface area (Å²) in [5, 5.41) is 10.1. The van der Waals surface area contributed by atoms with E-state index >= 15 is 0 Å². The van der Waals surface area contributed by atoms with Crippen LogP contribution in [0.15, 0.2) is 77.7 Å². The highest BCUT2D eigenvalue weighted by molar-refractivity contribution is 8.33. The second kappa shape index (κ2) is 10.9. The van der Waals surface area contributed by atoms with Gasteiger partial charge in [-0.1, -0.05) is 37.3 Å². The van der Waals surface area contributed by atoms with E-state index in [0.29, 0.717) is 26.1 Å². The maximum atomic E-state index is 14.6. The van der Waals surface area contributed by atoms with E-state index in [1.54, 1.807) is 12.0 Å². The predicted octanol–water partition coefficient (Wildman–Crippen LogP) is 5.30. The topological polar surface area (TPSA) is 88.5 Å². The summed E-state index contributed by atoms with van der Waals surface area (Å²) >= 11 is 0. The van der Waals surface area contributed by atoms with Gasteiger partial charge in [0.15, 0.2) is 5.60 Å². The zero-order valence-corrected chi connectivity index (χ0v) is 25.3. The standard InChI is InChI=1S/C33H38N2O6S/c1-22-30(42(3,4)26-15-13-25(39-2)14-16-26)29(17-19-36)41-33(22)27-7-5-6-8-28(27)35(31(33)37)21-23-9-11-24(12-10-23)34-18-20-40-32(34)38/h5-16,22,29-30,36H,17-21H2,1-4H3/t22-,29+,30-,33+/m1/s1. The van der Waals surface area contributed by atoms with Gasteiger partial charge in [-0.05, 0) is 71.9 Å². The van der Waals surface area contributed by atoms with Crippen LogP contribution in [0.25, 0.3) is 0 Å². The Bertz CT molecular complexity index is 1480. The van der Waals surface area contributed by atoms with E-state index in [9.17, 15) is 14.7 Å². The molecular weight excluding hydrogens is 552 g/mol. The highest BCUT2D eigenvalue weighted by Gasteiger charge is 2.65. The van der Waals surface area contributed by atoms with Crippen molar-refractivity contribution >= 4 is 33.4 Å². The predicted molar refractivity (Wildman–Crippen MR) is 165 cm³/mol. The van der Waals surface area contributed by atoms with Crippen molar-refractivity contribution in [2.24, 2.45) is 5.92 Å². The van der Waals surface area contributed by atoms with Gasteiger partial charge < -0.3 is 24.2 Å². The van der Waals surface area contributed by atoms with E-state index in [4.69, 9.17) is 14.2 Å². The van der Waals surface area contributed by atoms with E-state index in [2.05, 4.69) is 31.6 Å². The van der Waals surface area contributed by atoms with Gasteiger partial charge in [0.2, 0.25) is 0 Å². The summed E-state index contributed by atoms with van der Waals surface area (Å²) in [5.41, 5.74) is 2.32. The Hall–Kier alpha value is -3.53. The van der Waals surface area contributed by atoms with Crippen molar-refractivity contribution < 1.29 is 28.9 Å². The summed E-state index contributed by atoms with van der Waals surface area (Å²) < 4.78 is 17.4. The van der Waals surface area contributed by atoms with Crippen LogP contribution in [0, 0.1) is 5.92 Å². The maximum Gasteiger partial charge on any atom is 0.414 e. The van der Waals surface area contributed by atoms with Crippen LogP contribution < -0.4 is 14.5 Å². The number of anilines is 2. The molecule has 6 rings (SSSR count). The summed E-state index contributed by atoms with van der Waals surface area (Å²) in [5.74, 6) is 0.596. The fraction of sp³-hybridized carbons (Fsp3) is 0.394. The zero-order valence-electron chi connectivity index (χ0n) is 24.5. The number of methoxy groups -OCH3 is 1. The molecule has 4 atom stereocenters. The number of ether oxygens (including phenoxy) is 3. The van der Waals surface area contributed by atoms with Crippen molar-refractivity contribution in [3.63, 3.8) is 0 Å². The van der Waals surface area contributed by atoms with Crippen LogP contribution in [0.3, 0.4) is 0 Å². The second-order valence-corrected chi connectivity index (χ2v) is 15.4. The number of rotatable bonds is 8. The number of amides is 2. The number of hydrogen-bond acceptors (Lipinski definition) is 6. The van der Waals surface area contributed by atoms with E-state index in [0.717, 1.165) is 28.3 Å². The molecule has 3 aromatic rings. The Morgan fingerprint density at radius 1 is 1.02 bits per heavy atom. The number of para-hydroxylation sites is 1. The van der Waals surface area contributed by atoms with E-state index < -0.39 is 15.6 Å². The second-order valence-electron chi connectivity index (χ2n) is 11.6. The molecule has 0 aromatic heterocycles. The molecule has 3 aliphatic heterocycles. The molecule has 0 unspecified atom stereocenters. The number of aliphatic hydroxyl groups excluding tert-OH is 1. The molecule has 9 heteroatoms. The van der Waals surface area contributed by atoms with Crippen LogP contribution in [0.2, 0.25) is 0 Å². The Kier molecular flexibility index (Phi) is 7.45. The molecule has 222 valence electrons. The van der Waals surface area contributed by atoms with Crippen LogP contribution in [0.5, 0.6) is 5.75 Å². The third kappa shape index (κ3) is 4.46. The quantitative estimate of drug-likeness (QED) is 0.383. The van der Waals surface area contributed by atoms with Crippen LogP contribution in [0.1, 0.15) is 24.5 Å². The molecule has 1 N–H and O–H groups in total. The normalized spacial score (nSPS) is 25.7. The number of nitrogens with zero attached hydrogens (tertiary/aromatic N) is 2. The number of carbonyl (C=O) groups is 2. The van der Waals surface area contributed by atoms with Crippen LogP contribution in [0.4, 0.5) is 16.2 Å². The molecule has 2 amide bonds. The summed E-state index contributed by atoms with van der Waals surface area (Å²) in [6.07, 6.45) is 4.40. The Morgan fingerprint density at radius 3 is 2.38 bits per heavy atom. The van der Waals surface area contributed by atoms with Crippen molar-refractivity contribution in [3.8, 4) is 5.75 Å². The molecule has 2 fully saturated rings. The number of cyclic esters (lactones) is 1. The first-order chi connectivity index (χ1) is 20.2. The fourth-order valence-electron chi connectivity index (χ4n) is 7.04. The van der Waals surface area contributed by atoms with Gasteiger partial charge in [0.05, 0.1) is 32.0 Å². The van der Waals surface area contributed by atoms with Gasteiger partial charge in [-0.25, -0.2) is 14.8 Å². The van der Waals surface area contributed by atoms with Gasteiger partial charge in [0.1, 0.15) is 12.4 Å². The average molecular weight is 591 g/mol. The highest BCUT2D eigenvalue weighted by atomic mass is 32.3. The van der Waals surface area contributed by atoms with Crippen molar-refractivity contribution in [1.82, 2.24) is 0 Å². The lowest BCUT2D eigenvalue weighted by Crippen LogP contribution is -2.45. The number of hydrogen-bond donors (Lipinski definition) is 1. The molecule has 3 aliphatic rings. The molecule has 0 radical (unpaired) electrons. The SMILES string of the molecule is COc1ccc(S(C)(C)[C@H]2[C@H](CCO)O[C@@]3(C(=O)N(Cc4ccc(N5CCOC5=O)cc4)c4ccccc43)[C@@H]2C)cc1. The maximum absolute atomic E-state index is 14.6. The van der Waals surface area contributed by atoms with Gasteiger partial charge in [0.25, 0.3) is 5.91 Å². The highest BCUT2D eigenvalue weighted by Crippen LogP contribution is 2.66. The molecule has 0 bridgehead atoms. The third-order valence-electron chi connectivity index (χ3n) is 9.11. The van der Waals surface area contributed by atoms with Crippen molar-refractivity contribution in [3.05, 3.63) is 83.9 Å². The minimum absolute atomic E-state index is 0.0153. The minimum Gasteiger partial charge on any atom is -0.497 e. The van der Waals surface area contributed by atoms with Crippen molar-refractivity contribution in [2.45, 2.75) is 41.7 Å². The lowest BCUT2D eigenvalue weighted by molar-refractivity contribution is -0.146. The molecule has 1 spiro atoms. The van der Waals surface area contributed by atoms with Gasteiger partial charge in [0, 0.05) is 29.0 Å². The molecule has 42 heavy (non-hydrogen) atoms. The molecule has 0 saturated carbocycles. The summed E-state index contributed by atoms with van der Waals surface area (Å²) in [4.78, 5) is 31.3. The van der Waals surface area contributed by atoms with E-state index in [-0.39, 0.29) is 35.9 Å². The van der Waals surface area contributed by atoms with Gasteiger partial charge in [-0.15, -0.1) is 0 Å². The van der Waals surface area contributed by atoms with Crippen LogP contribution in [-0.4, -0.2) is 67.8 Å². The Balaban J connectivity index is 1.34. The van der Waals surface area contributed by atoms with Crippen LogP contribution in [-0.2, 0) is 26.4 Å². The van der Waals surface area contributed by atoms with Gasteiger partial charge >= 0.3 is 6.09 Å². The lowest BCUT2D eigenvalue weighted by Gasteiger charge is -2.43. The number of carbonyl (C=O) groups excluding carboxylic acids is 2. The molecule has 3 heterocycles. The van der Waals surface area contributed by atoms with E-state index in [1.807, 2.05) is 65.6 Å². The number of fused-ring (bicyclic) bond motifs is 2. The smallest absolute Gasteiger partial charge is 0.414 e. The monoisotopic (exact) mass is 590 g/mol. The summed E-state index contributed by atoms with van der Waals surface area (Å²) in [6, 6.07) is 23.8. The first-order valence-electron chi connectivity index (χ1n) is 14.3. The number of aliphatic hydroxyl groups is 1. The molecule has 0 aliphatic carbocycles. The minimum atomic E-state index is -1.47. The summed E-state index contributed by atoms with van der Waals surface area (Å²) in [6.45, 7) is 3.41. The van der Waals surface area contributed by atoms with Gasteiger partial charge in [-0.3, -0.25) is 9.69 Å². The molecule has 2 saturated heterocycles. The lowest BCUT2D eigenvalue weighted by atomic mass is 9.82. The zero-order chi connectivity index (χ0) is 29.6. The van der Waals surface area contributed by atoms with E-state index in [1.165, 1.54) is 4.90 Å². The average Bonchev–Trinajstić information content (AvgIpc) is 3.63. The number of benzene rings is 3. The first-order valence-corrected chi connectivity index (χ1v) is 16.8. The Labute approximate surface area is 248 Å².